The van der Waals surface area contributed by atoms with Crippen LogP contribution in [0.5, 0.6) is 11.5 Å². The molecule has 76 valence electrons. The zero-order valence-electron chi connectivity index (χ0n) is 8.40. The topological polar surface area (TPSA) is 55.4 Å². The summed E-state index contributed by atoms with van der Waals surface area (Å²) in [5, 5.41) is 9.51. The summed E-state index contributed by atoms with van der Waals surface area (Å²) in [5.41, 5.74) is 0.615. The van der Waals surface area contributed by atoms with E-state index in [-0.39, 0.29) is 5.76 Å². The maximum atomic E-state index is 8.69. The largest absolute Gasteiger partial charge is 0.493 e. The minimum Gasteiger partial charge on any atom is -0.493 e. The van der Waals surface area contributed by atoms with Gasteiger partial charge in [0, 0.05) is 17.5 Å². The van der Waals surface area contributed by atoms with Gasteiger partial charge in [-0.25, -0.2) is 0 Å². The summed E-state index contributed by atoms with van der Waals surface area (Å²) in [7, 11) is 3.12. The molecule has 0 saturated heterocycles. The van der Waals surface area contributed by atoms with Crippen molar-refractivity contribution >= 4 is 11.0 Å². The van der Waals surface area contributed by atoms with Crippen LogP contribution >= 0.6 is 0 Å². The number of hydrogen-bond acceptors (Lipinski definition) is 4. The molecule has 0 aliphatic heterocycles. The number of nitriles is 1. The van der Waals surface area contributed by atoms with Crippen LogP contribution in [0, 0.1) is 11.3 Å². The van der Waals surface area contributed by atoms with Crippen LogP contribution in [0.2, 0.25) is 0 Å². The maximum Gasteiger partial charge on any atom is 0.204 e. The van der Waals surface area contributed by atoms with Gasteiger partial charge in [-0.2, -0.15) is 5.26 Å². The van der Waals surface area contributed by atoms with Crippen molar-refractivity contribution in [2.45, 2.75) is 0 Å². The van der Waals surface area contributed by atoms with Gasteiger partial charge in [0.1, 0.15) is 11.7 Å². The van der Waals surface area contributed by atoms with E-state index in [0.29, 0.717) is 17.1 Å². The Morgan fingerprint density at radius 2 is 1.80 bits per heavy atom. The van der Waals surface area contributed by atoms with E-state index in [4.69, 9.17) is 19.2 Å². The van der Waals surface area contributed by atoms with Gasteiger partial charge in [0.2, 0.25) is 5.76 Å². The number of hydrogen-bond donors (Lipinski definition) is 0. The third-order valence-corrected chi connectivity index (χ3v) is 2.13. The first-order valence-corrected chi connectivity index (χ1v) is 4.34. The predicted octanol–water partition coefficient (Wildman–Crippen LogP) is 2.32. The SMILES string of the molecule is COc1cc2cc(C#N)oc2cc1OC. The van der Waals surface area contributed by atoms with Crippen LogP contribution in [-0.4, -0.2) is 14.2 Å². The summed E-state index contributed by atoms with van der Waals surface area (Å²) in [5.74, 6) is 1.49. The van der Waals surface area contributed by atoms with E-state index in [2.05, 4.69) is 0 Å². The number of methoxy groups -OCH3 is 2. The molecule has 0 saturated carbocycles. The third kappa shape index (κ3) is 1.48. The fraction of sp³-hybridized carbons (Fsp3) is 0.182. The molecule has 2 aromatic rings. The standard InChI is InChI=1S/C11H9NO3/c1-13-10-4-7-3-8(6-12)15-9(7)5-11(10)14-2/h3-5H,1-2H3. The molecule has 0 aliphatic rings. The summed E-state index contributed by atoms with van der Waals surface area (Å²) in [4.78, 5) is 0. The summed E-state index contributed by atoms with van der Waals surface area (Å²) in [6, 6.07) is 7.09. The molecule has 0 unspecified atom stereocenters. The Bertz CT molecular complexity index is 495. The van der Waals surface area contributed by atoms with Gasteiger partial charge in [0.25, 0.3) is 0 Å². The quantitative estimate of drug-likeness (QED) is 0.751. The maximum absolute atomic E-state index is 8.69. The molecular weight excluding hydrogens is 194 g/mol. The van der Waals surface area contributed by atoms with E-state index >= 15 is 0 Å². The number of ether oxygens (including phenoxy) is 2. The molecule has 0 atom stereocenters. The highest BCUT2D eigenvalue weighted by Crippen LogP contribution is 2.33. The lowest BCUT2D eigenvalue weighted by atomic mass is 10.2. The van der Waals surface area contributed by atoms with Crippen molar-refractivity contribution in [3.63, 3.8) is 0 Å². The van der Waals surface area contributed by atoms with Gasteiger partial charge in [-0.05, 0) is 6.07 Å². The molecular formula is C11H9NO3. The van der Waals surface area contributed by atoms with Crippen LogP contribution in [0.25, 0.3) is 11.0 Å². The van der Waals surface area contributed by atoms with Crippen molar-refractivity contribution in [3.8, 4) is 17.6 Å². The monoisotopic (exact) mass is 203 g/mol. The van der Waals surface area contributed by atoms with Crippen molar-refractivity contribution in [3.05, 3.63) is 24.0 Å². The zero-order valence-corrected chi connectivity index (χ0v) is 8.40. The van der Waals surface area contributed by atoms with E-state index in [9.17, 15) is 0 Å². The normalized spacial score (nSPS) is 9.93. The Morgan fingerprint density at radius 1 is 1.13 bits per heavy atom. The van der Waals surface area contributed by atoms with Gasteiger partial charge < -0.3 is 13.9 Å². The van der Waals surface area contributed by atoms with E-state index in [1.54, 1.807) is 32.4 Å². The fourth-order valence-corrected chi connectivity index (χ4v) is 1.42. The second-order valence-corrected chi connectivity index (χ2v) is 2.97. The van der Waals surface area contributed by atoms with Crippen molar-refractivity contribution in [2.75, 3.05) is 14.2 Å². The lowest BCUT2D eigenvalue weighted by molar-refractivity contribution is 0.355. The van der Waals surface area contributed by atoms with Crippen LogP contribution in [0.15, 0.2) is 22.6 Å². The zero-order chi connectivity index (χ0) is 10.8. The highest BCUT2D eigenvalue weighted by Gasteiger charge is 2.09. The fourth-order valence-electron chi connectivity index (χ4n) is 1.42. The number of nitrogens with zero attached hydrogens (tertiary/aromatic N) is 1. The number of furan rings is 1. The molecule has 15 heavy (non-hydrogen) atoms. The summed E-state index contributed by atoms with van der Waals surface area (Å²) < 4.78 is 15.5. The second-order valence-electron chi connectivity index (χ2n) is 2.97. The summed E-state index contributed by atoms with van der Waals surface area (Å²) in [6.45, 7) is 0. The van der Waals surface area contributed by atoms with Gasteiger partial charge in [0.15, 0.2) is 11.5 Å². The Labute approximate surface area is 86.6 Å². The highest BCUT2D eigenvalue weighted by atomic mass is 16.5. The molecule has 0 spiro atoms. The van der Waals surface area contributed by atoms with Crippen LogP contribution in [-0.2, 0) is 0 Å². The van der Waals surface area contributed by atoms with Crippen molar-refractivity contribution in [1.29, 1.82) is 5.26 Å². The molecule has 0 bridgehead atoms. The van der Waals surface area contributed by atoms with Crippen LogP contribution < -0.4 is 9.47 Å². The molecule has 1 aromatic heterocycles. The first-order valence-electron chi connectivity index (χ1n) is 4.34. The van der Waals surface area contributed by atoms with E-state index in [0.717, 1.165) is 5.39 Å². The molecule has 0 radical (unpaired) electrons. The first kappa shape index (κ1) is 9.41. The average molecular weight is 203 g/mol. The number of benzene rings is 1. The Morgan fingerprint density at radius 3 is 2.40 bits per heavy atom. The average Bonchev–Trinajstić information content (AvgIpc) is 2.68. The lowest BCUT2D eigenvalue weighted by Crippen LogP contribution is -1.89. The minimum atomic E-state index is 0.278. The molecule has 1 heterocycles. The minimum absolute atomic E-state index is 0.278. The van der Waals surface area contributed by atoms with E-state index < -0.39 is 0 Å². The Balaban J connectivity index is 2.68. The van der Waals surface area contributed by atoms with Crippen LogP contribution in [0.1, 0.15) is 5.76 Å². The third-order valence-electron chi connectivity index (χ3n) is 2.13. The van der Waals surface area contributed by atoms with Crippen LogP contribution in [0.4, 0.5) is 0 Å². The molecule has 2 rings (SSSR count). The van der Waals surface area contributed by atoms with Gasteiger partial charge in [-0.15, -0.1) is 0 Å². The predicted molar refractivity (Wildman–Crippen MR) is 54.0 cm³/mol. The molecule has 0 aliphatic carbocycles. The molecule has 1 aromatic carbocycles. The summed E-state index contributed by atoms with van der Waals surface area (Å²) in [6.07, 6.45) is 0. The highest BCUT2D eigenvalue weighted by molar-refractivity contribution is 5.82. The Hall–Kier alpha value is -2.15. The molecule has 4 heteroatoms. The number of fused-ring (bicyclic) bond motifs is 1. The molecule has 0 amide bonds. The van der Waals surface area contributed by atoms with E-state index in [1.165, 1.54) is 0 Å². The second kappa shape index (κ2) is 3.54. The lowest BCUT2D eigenvalue weighted by Gasteiger charge is -2.05. The Kier molecular flexibility index (Phi) is 2.22. The molecule has 0 fully saturated rings. The molecule has 4 nitrogen and oxygen atoms in total. The number of rotatable bonds is 2. The van der Waals surface area contributed by atoms with Gasteiger partial charge in [0.05, 0.1) is 14.2 Å². The smallest absolute Gasteiger partial charge is 0.204 e. The first-order chi connectivity index (χ1) is 7.28. The van der Waals surface area contributed by atoms with Gasteiger partial charge in [-0.3, -0.25) is 0 Å². The van der Waals surface area contributed by atoms with Gasteiger partial charge in [-0.1, -0.05) is 0 Å². The van der Waals surface area contributed by atoms with Crippen molar-refractivity contribution in [1.82, 2.24) is 0 Å². The summed E-state index contributed by atoms with van der Waals surface area (Å²) >= 11 is 0. The van der Waals surface area contributed by atoms with E-state index in [1.807, 2.05) is 6.07 Å². The van der Waals surface area contributed by atoms with Crippen molar-refractivity contribution in [2.24, 2.45) is 0 Å². The van der Waals surface area contributed by atoms with Crippen LogP contribution in [0.3, 0.4) is 0 Å². The van der Waals surface area contributed by atoms with Crippen molar-refractivity contribution < 1.29 is 13.9 Å². The molecule has 0 N–H and O–H groups in total. The van der Waals surface area contributed by atoms with Gasteiger partial charge >= 0.3 is 0 Å².